The first kappa shape index (κ1) is 19.9. The molecule has 2 aliphatic rings. The molecular formula is C24H22N6O2. The first-order valence-corrected chi connectivity index (χ1v) is 10.7. The van der Waals surface area contributed by atoms with Gasteiger partial charge >= 0.3 is 0 Å². The van der Waals surface area contributed by atoms with Crippen LogP contribution >= 0.6 is 0 Å². The number of piperazine rings is 1. The van der Waals surface area contributed by atoms with E-state index in [-0.39, 0.29) is 18.0 Å². The summed E-state index contributed by atoms with van der Waals surface area (Å²) in [5, 5.41) is 13.8. The van der Waals surface area contributed by atoms with E-state index < -0.39 is 0 Å². The van der Waals surface area contributed by atoms with Crippen molar-refractivity contribution in [3.05, 3.63) is 42.4 Å². The number of carbonyl (C=O) groups is 1. The summed E-state index contributed by atoms with van der Waals surface area (Å²) >= 11 is 0. The van der Waals surface area contributed by atoms with Crippen LogP contribution in [-0.4, -0.2) is 57.2 Å². The fraction of sp³-hybridized carbons (Fsp3) is 0.333. The molecule has 2 atom stereocenters. The van der Waals surface area contributed by atoms with Crippen LogP contribution in [0.2, 0.25) is 0 Å². The van der Waals surface area contributed by atoms with Gasteiger partial charge in [0.25, 0.3) is 5.91 Å². The lowest BCUT2D eigenvalue weighted by molar-refractivity contribution is -0.128. The normalized spacial score (nSPS) is 19.6. The Balaban J connectivity index is 1.46. The maximum Gasteiger partial charge on any atom is 0.298 e. The summed E-state index contributed by atoms with van der Waals surface area (Å²) in [7, 11) is 0. The van der Waals surface area contributed by atoms with Crippen LogP contribution in [0.1, 0.15) is 25.3 Å². The minimum atomic E-state index is -0.215. The second-order valence-electron chi connectivity index (χ2n) is 8.04. The number of pyridine rings is 2. The Morgan fingerprint density at radius 1 is 1.28 bits per heavy atom. The lowest BCUT2D eigenvalue weighted by Gasteiger charge is -2.40. The standard InChI is InChI=1S/C24H22N6O2/c1-3-23(31)30-18-6-7-19(30)14-28(13-18)22-8-5-16(11-26-22)21-9-20(32-4-2)15-29-24(21)17(10-25)12-27-29/h1,5,8-9,11-12,15,18-19H,4,6-7,13-14H2,2H3. The number of nitrogens with zero attached hydrogens (tertiary/aromatic N) is 6. The summed E-state index contributed by atoms with van der Waals surface area (Å²) < 4.78 is 7.36. The van der Waals surface area contributed by atoms with Crippen molar-refractivity contribution in [1.29, 1.82) is 5.26 Å². The summed E-state index contributed by atoms with van der Waals surface area (Å²) in [5.74, 6) is 3.59. The average Bonchev–Trinajstić information content (AvgIpc) is 3.35. The van der Waals surface area contributed by atoms with Crippen LogP contribution in [0, 0.1) is 23.7 Å². The monoisotopic (exact) mass is 426 g/mol. The van der Waals surface area contributed by atoms with Gasteiger partial charge in [0, 0.05) is 30.4 Å². The molecule has 2 bridgehead atoms. The fourth-order valence-corrected chi connectivity index (χ4v) is 4.87. The molecule has 3 aromatic heterocycles. The van der Waals surface area contributed by atoms with Crippen molar-refractivity contribution in [3.8, 4) is 35.3 Å². The van der Waals surface area contributed by atoms with E-state index in [0.717, 1.165) is 48.4 Å². The van der Waals surface area contributed by atoms with Crippen LogP contribution in [0.3, 0.4) is 0 Å². The predicted octanol–water partition coefficient (Wildman–Crippen LogP) is 2.48. The number of hydrogen-bond donors (Lipinski definition) is 0. The molecule has 8 nitrogen and oxygen atoms in total. The van der Waals surface area contributed by atoms with E-state index in [1.54, 1.807) is 16.9 Å². The molecule has 5 heterocycles. The summed E-state index contributed by atoms with van der Waals surface area (Å²) in [6.45, 7) is 3.90. The Morgan fingerprint density at radius 3 is 2.69 bits per heavy atom. The molecule has 0 spiro atoms. The number of amides is 1. The van der Waals surface area contributed by atoms with Crippen molar-refractivity contribution in [3.63, 3.8) is 0 Å². The van der Waals surface area contributed by atoms with Gasteiger partial charge in [-0.15, -0.1) is 6.42 Å². The minimum absolute atomic E-state index is 0.131. The van der Waals surface area contributed by atoms with Crippen LogP contribution in [0.5, 0.6) is 5.75 Å². The molecule has 2 saturated heterocycles. The third kappa shape index (κ3) is 3.21. The topological polar surface area (TPSA) is 86.8 Å². The van der Waals surface area contributed by atoms with E-state index in [9.17, 15) is 10.1 Å². The Morgan fingerprint density at radius 2 is 2.06 bits per heavy atom. The van der Waals surface area contributed by atoms with E-state index in [1.165, 1.54) is 0 Å². The summed E-state index contributed by atoms with van der Waals surface area (Å²) in [6.07, 6.45) is 12.4. The number of rotatable bonds is 4. The lowest BCUT2D eigenvalue weighted by Crippen LogP contribution is -2.55. The molecule has 160 valence electrons. The molecule has 8 heteroatoms. The molecule has 0 N–H and O–H groups in total. The van der Waals surface area contributed by atoms with E-state index in [1.807, 2.05) is 36.2 Å². The van der Waals surface area contributed by atoms with Crippen molar-refractivity contribution in [1.82, 2.24) is 19.5 Å². The van der Waals surface area contributed by atoms with Gasteiger partial charge in [-0.1, -0.05) is 0 Å². The van der Waals surface area contributed by atoms with Crippen molar-refractivity contribution in [2.24, 2.45) is 0 Å². The molecule has 0 radical (unpaired) electrons. The highest BCUT2D eigenvalue weighted by Crippen LogP contribution is 2.34. The summed E-state index contributed by atoms with van der Waals surface area (Å²) in [4.78, 5) is 20.9. The third-order valence-electron chi connectivity index (χ3n) is 6.24. The molecule has 5 rings (SSSR count). The van der Waals surface area contributed by atoms with Gasteiger partial charge in [-0.2, -0.15) is 10.4 Å². The first-order valence-electron chi connectivity index (χ1n) is 10.7. The number of hydrogen-bond acceptors (Lipinski definition) is 6. The van der Waals surface area contributed by atoms with Gasteiger partial charge < -0.3 is 14.5 Å². The molecule has 32 heavy (non-hydrogen) atoms. The molecule has 0 aromatic carbocycles. The van der Waals surface area contributed by atoms with E-state index in [0.29, 0.717) is 17.9 Å². The molecule has 2 fully saturated rings. The number of aromatic nitrogens is 3. The van der Waals surface area contributed by atoms with Gasteiger partial charge in [-0.05, 0) is 43.9 Å². The highest BCUT2D eigenvalue weighted by atomic mass is 16.5. The van der Waals surface area contributed by atoms with Crippen molar-refractivity contribution in [2.75, 3.05) is 24.6 Å². The van der Waals surface area contributed by atoms with E-state index in [4.69, 9.17) is 16.1 Å². The minimum Gasteiger partial charge on any atom is -0.492 e. The number of anilines is 1. The van der Waals surface area contributed by atoms with Crippen LogP contribution in [0.15, 0.2) is 36.8 Å². The first-order chi connectivity index (χ1) is 15.6. The molecule has 1 amide bonds. The molecule has 0 aliphatic carbocycles. The van der Waals surface area contributed by atoms with Gasteiger partial charge in [-0.3, -0.25) is 4.79 Å². The van der Waals surface area contributed by atoms with Crippen LogP contribution in [0.4, 0.5) is 5.82 Å². The molecule has 0 saturated carbocycles. The number of ether oxygens (including phenoxy) is 1. The largest absolute Gasteiger partial charge is 0.492 e. The van der Waals surface area contributed by atoms with Gasteiger partial charge in [0.1, 0.15) is 17.6 Å². The van der Waals surface area contributed by atoms with E-state index in [2.05, 4.69) is 22.0 Å². The Hall–Kier alpha value is -4.04. The maximum absolute atomic E-state index is 12.1. The molecular weight excluding hydrogens is 404 g/mol. The van der Waals surface area contributed by atoms with Crippen LogP contribution in [-0.2, 0) is 4.79 Å². The Kier molecular flexibility index (Phi) is 4.91. The van der Waals surface area contributed by atoms with Gasteiger partial charge in [0.15, 0.2) is 0 Å². The molecule has 2 unspecified atom stereocenters. The van der Waals surface area contributed by atoms with Gasteiger partial charge in [0.05, 0.1) is 42.2 Å². The van der Waals surface area contributed by atoms with Crippen molar-refractivity contribution in [2.45, 2.75) is 31.8 Å². The van der Waals surface area contributed by atoms with Crippen LogP contribution in [0.25, 0.3) is 16.6 Å². The van der Waals surface area contributed by atoms with Crippen molar-refractivity contribution >= 4 is 17.2 Å². The second-order valence-corrected chi connectivity index (χ2v) is 8.04. The number of carbonyl (C=O) groups excluding carboxylic acids is 1. The maximum atomic E-state index is 12.1. The SMILES string of the molecule is C#CC(=O)N1C2CCC1CN(c1ccc(-c3cc(OCC)cn4ncc(C#N)c34)cn1)C2. The number of nitriles is 1. The summed E-state index contributed by atoms with van der Waals surface area (Å²) in [5.41, 5.74) is 2.94. The quantitative estimate of drug-likeness (QED) is 0.596. The number of fused-ring (bicyclic) bond motifs is 3. The van der Waals surface area contributed by atoms with Crippen LogP contribution < -0.4 is 9.64 Å². The zero-order chi connectivity index (χ0) is 22.2. The second kappa shape index (κ2) is 7.90. The predicted molar refractivity (Wildman–Crippen MR) is 119 cm³/mol. The van der Waals surface area contributed by atoms with Crippen molar-refractivity contribution < 1.29 is 9.53 Å². The third-order valence-corrected chi connectivity index (χ3v) is 6.24. The van der Waals surface area contributed by atoms with Gasteiger partial charge in [-0.25, -0.2) is 9.50 Å². The van der Waals surface area contributed by atoms with Gasteiger partial charge in [0.2, 0.25) is 0 Å². The lowest BCUT2D eigenvalue weighted by atomic mass is 10.1. The zero-order valence-corrected chi connectivity index (χ0v) is 17.7. The Labute approximate surface area is 186 Å². The van der Waals surface area contributed by atoms with E-state index >= 15 is 0 Å². The fourth-order valence-electron chi connectivity index (χ4n) is 4.87. The average molecular weight is 426 g/mol. The smallest absolute Gasteiger partial charge is 0.298 e. The zero-order valence-electron chi connectivity index (χ0n) is 17.7. The number of terminal acetylenes is 1. The molecule has 3 aromatic rings. The summed E-state index contributed by atoms with van der Waals surface area (Å²) in [6, 6.07) is 8.38. The highest BCUT2D eigenvalue weighted by molar-refractivity contribution is 5.93. The Bertz CT molecular complexity index is 1250. The molecule has 2 aliphatic heterocycles. The highest BCUT2D eigenvalue weighted by Gasteiger charge is 2.42.